The molecule has 98 valence electrons. The van der Waals surface area contributed by atoms with Crippen LogP contribution in [0.5, 0.6) is 0 Å². The second-order valence-corrected chi connectivity index (χ2v) is 5.54. The second kappa shape index (κ2) is 5.66. The van der Waals surface area contributed by atoms with Gasteiger partial charge < -0.3 is 4.57 Å². The first-order valence-electron chi connectivity index (χ1n) is 5.27. The van der Waals surface area contributed by atoms with Crippen LogP contribution in [0.1, 0.15) is 5.56 Å². The van der Waals surface area contributed by atoms with Gasteiger partial charge in [0.05, 0.1) is 20.4 Å². The fourth-order valence-corrected chi connectivity index (χ4v) is 2.40. The van der Waals surface area contributed by atoms with E-state index in [-0.39, 0.29) is 17.8 Å². The van der Waals surface area contributed by atoms with Crippen LogP contribution in [0.4, 0.5) is 5.69 Å². The molecular weight excluding hydrogens is 380 g/mol. The molecule has 0 radical (unpaired) electrons. The first-order chi connectivity index (χ1) is 8.99. The molecule has 0 saturated heterocycles. The van der Waals surface area contributed by atoms with Gasteiger partial charge in [-0.1, -0.05) is 6.07 Å². The van der Waals surface area contributed by atoms with E-state index in [1.165, 1.54) is 10.6 Å². The fourth-order valence-electron chi connectivity index (χ4n) is 1.63. The number of nitro benzene ring substituents is 1. The number of nitrogens with zero attached hydrogens (tertiary/aromatic N) is 2. The van der Waals surface area contributed by atoms with Crippen LogP contribution in [-0.4, -0.2) is 9.49 Å². The molecule has 0 aliphatic heterocycles. The van der Waals surface area contributed by atoms with Crippen molar-refractivity contribution in [3.05, 3.63) is 71.5 Å². The summed E-state index contributed by atoms with van der Waals surface area (Å²) in [5, 5.41) is 10.8. The topological polar surface area (TPSA) is 65.1 Å². The van der Waals surface area contributed by atoms with Gasteiger partial charge >= 0.3 is 0 Å². The SMILES string of the molecule is O=c1c(Br)cccn1Cc1ccc(Br)c([N+](=O)[O-])c1. The lowest BCUT2D eigenvalue weighted by Gasteiger charge is -2.06. The molecule has 1 aromatic heterocycles. The van der Waals surface area contributed by atoms with Gasteiger partial charge in [0.15, 0.2) is 0 Å². The Balaban J connectivity index is 2.39. The Bertz CT molecular complexity index is 698. The number of nitro groups is 1. The second-order valence-electron chi connectivity index (χ2n) is 3.83. The molecule has 0 N–H and O–H groups in total. The highest BCUT2D eigenvalue weighted by atomic mass is 79.9. The van der Waals surface area contributed by atoms with E-state index in [9.17, 15) is 14.9 Å². The number of hydrogen-bond donors (Lipinski definition) is 0. The summed E-state index contributed by atoms with van der Waals surface area (Å²) in [6.45, 7) is 0.284. The quantitative estimate of drug-likeness (QED) is 0.599. The van der Waals surface area contributed by atoms with Gasteiger partial charge in [0.1, 0.15) is 0 Å². The molecular formula is C12H8Br2N2O3. The maximum absolute atomic E-state index is 11.8. The van der Waals surface area contributed by atoms with E-state index >= 15 is 0 Å². The highest BCUT2D eigenvalue weighted by molar-refractivity contribution is 9.10. The third kappa shape index (κ3) is 3.10. The summed E-state index contributed by atoms with van der Waals surface area (Å²) in [4.78, 5) is 22.2. The van der Waals surface area contributed by atoms with Gasteiger partial charge in [-0.05, 0) is 55.6 Å². The van der Waals surface area contributed by atoms with E-state index < -0.39 is 4.92 Å². The Hall–Kier alpha value is -1.47. The van der Waals surface area contributed by atoms with Gasteiger partial charge in [-0.25, -0.2) is 0 Å². The van der Waals surface area contributed by atoms with Gasteiger partial charge in [0.2, 0.25) is 0 Å². The third-order valence-electron chi connectivity index (χ3n) is 2.53. The van der Waals surface area contributed by atoms with E-state index in [0.717, 1.165) is 0 Å². The van der Waals surface area contributed by atoms with Crippen LogP contribution in [0.2, 0.25) is 0 Å². The minimum Gasteiger partial charge on any atom is -0.310 e. The van der Waals surface area contributed by atoms with Gasteiger partial charge in [-0.15, -0.1) is 0 Å². The molecule has 0 unspecified atom stereocenters. The summed E-state index contributed by atoms with van der Waals surface area (Å²) in [6, 6.07) is 8.19. The Labute approximate surface area is 125 Å². The molecule has 19 heavy (non-hydrogen) atoms. The van der Waals surface area contributed by atoms with Crippen molar-refractivity contribution in [3.8, 4) is 0 Å². The molecule has 2 rings (SSSR count). The van der Waals surface area contributed by atoms with Crippen molar-refractivity contribution in [3.63, 3.8) is 0 Å². The summed E-state index contributed by atoms with van der Waals surface area (Å²) in [5.41, 5.74) is 0.503. The van der Waals surface area contributed by atoms with Gasteiger partial charge in [-0.3, -0.25) is 14.9 Å². The van der Waals surface area contributed by atoms with E-state index in [0.29, 0.717) is 14.5 Å². The highest BCUT2D eigenvalue weighted by Gasteiger charge is 2.12. The maximum Gasteiger partial charge on any atom is 0.283 e. The molecule has 7 heteroatoms. The van der Waals surface area contributed by atoms with Crippen LogP contribution >= 0.6 is 31.9 Å². The van der Waals surface area contributed by atoms with Gasteiger partial charge in [0.25, 0.3) is 11.2 Å². The van der Waals surface area contributed by atoms with Crippen LogP contribution in [0.15, 0.2) is 50.3 Å². The number of hydrogen-bond acceptors (Lipinski definition) is 3. The van der Waals surface area contributed by atoms with Crippen molar-refractivity contribution in [1.82, 2.24) is 4.57 Å². The van der Waals surface area contributed by atoms with E-state index in [1.54, 1.807) is 30.5 Å². The van der Waals surface area contributed by atoms with Crippen LogP contribution in [0, 0.1) is 10.1 Å². The summed E-state index contributed by atoms with van der Waals surface area (Å²) >= 11 is 6.28. The van der Waals surface area contributed by atoms with E-state index in [4.69, 9.17) is 0 Å². The number of halogens is 2. The Morgan fingerprint density at radius 2 is 1.95 bits per heavy atom. The van der Waals surface area contributed by atoms with Crippen LogP contribution < -0.4 is 5.56 Å². The zero-order valence-electron chi connectivity index (χ0n) is 9.55. The minimum absolute atomic E-state index is 0.0134. The normalized spacial score (nSPS) is 10.4. The average Bonchev–Trinajstić information content (AvgIpc) is 2.37. The molecule has 0 bridgehead atoms. The molecule has 0 spiro atoms. The largest absolute Gasteiger partial charge is 0.310 e. The van der Waals surface area contributed by atoms with Crippen LogP contribution in [0.3, 0.4) is 0 Å². The van der Waals surface area contributed by atoms with E-state index in [2.05, 4.69) is 31.9 Å². The lowest BCUT2D eigenvalue weighted by Crippen LogP contribution is -2.20. The Morgan fingerprint density at radius 3 is 2.63 bits per heavy atom. The first kappa shape index (κ1) is 14.0. The van der Waals surface area contributed by atoms with Crippen molar-refractivity contribution in [2.45, 2.75) is 6.54 Å². The Kier molecular flexibility index (Phi) is 4.16. The van der Waals surface area contributed by atoms with Crippen LogP contribution in [-0.2, 0) is 6.54 Å². The minimum atomic E-state index is -0.461. The smallest absolute Gasteiger partial charge is 0.283 e. The van der Waals surface area contributed by atoms with E-state index in [1.807, 2.05) is 0 Å². The standard InChI is InChI=1S/C12H8Br2N2O3/c13-9-4-3-8(6-11(9)16(18)19)7-15-5-1-2-10(14)12(15)17/h1-6H,7H2. The predicted molar refractivity (Wildman–Crippen MR) is 78.3 cm³/mol. The zero-order valence-corrected chi connectivity index (χ0v) is 12.7. The fraction of sp³-hybridized carbons (Fsp3) is 0.0833. The summed E-state index contributed by atoms with van der Waals surface area (Å²) in [7, 11) is 0. The number of pyridine rings is 1. The summed E-state index contributed by atoms with van der Waals surface area (Å²) < 4.78 is 2.36. The lowest BCUT2D eigenvalue weighted by molar-refractivity contribution is -0.385. The Morgan fingerprint density at radius 1 is 1.21 bits per heavy atom. The molecule has 1 aromatic carbocycles. The maximum atomic E-state index is 11.8. The van der Waals surface area contributed by atoms with Gasteiger partial charge in [0, 0.05) is 12.3 Å². The predicted octanol–water partition coefficient (Wildman–Crippen LogP) is 3.33. The molecule has 0 amide bonds. The number of rotatable bonds is 3. The average molecular weight is 388 g/mol. The molecule has 2 aromatic rings. The molecule has 0 fully saturated rings. The summed E-state index contributed by atoms with van der Waals surface area (Å²) in [5.74, 6) is 0. The van der Waals surface area contributed by atoms with Crippen molar-refractivity contribution in [2.24, 2.45) is 0 Å². The molecule has 0 saturated carbocycles. The number of benzene rings is 1. The van der Waals surface area contributed by atoms with Crippen molar-refractivity contribution < 1.29 is 4.92 Å². The summed E-state index contributed by atoms with van der Waals surface area (Å²) in [6.07, 6.45) is 1.64. The zero-order chi connectivity index (χ0) is 14.0. The molecule has 1 heterocycles. The monoisotopic (exact) mass is 386 g/mol. The van der Waals surface area contributed by atoms with Crippen LogP contribution in [0.25, 0.3) is 0 Å². The lowest BCUT2D eigenvalue weighted by atomic mass is 10.2. The van der Waals surface area contributed by atoms with Crippen molar-refractivity contribution in [2.75, 3.05) is 0 Å². The number of aromatic nitrogens is 1. The molecule has 0 atom stereocenters. The molecule has 5 nitrogen and oxygen atoms in total. The van der Waals surface area contributed by atoms with Gasteiger partial charge in [-0.2, -0.15) is 0 Å². The third-order valence-corrected chi connectivity index (χ3v) is 3.81. The van der Waals surface area contributed by atoms with Crippen molar-refractivity contribution >= 4 is 37.5 Å². The molecule has 0 aliphatic rings. The van der Waals surface area contributed by atoms with Crippen molar-refractivity contribution in [1.29, 1.82) is 0 Å². The highest BCUT2D eigenvalue weighted by Crippen LogP contribution is 2.25. The first-order valence-corrected chi connectivity index (χ1v) is 6.85. The molecule has 0 aliphatic carbocycles.